The highest BCUT2D eigenvalue weighted by Crippen LogP contribution is 2.24. The van der Waals surface area contributed by atoms with Crippen LogP contribution < -0.4 is 10.2 Å². The normalized spacial score (nSPS) is 11.3. The molecule has 0 aliphatic heterocycles. The van der Waals surface area contributed by atoms with Gasteiger partial charge >= 0.3 is 0 Å². The van der Waals surface area contributed by atoms with E-state index in [0.717, 1.165) is 23.2 Å². The molecule has 2 rings (SSSR count). The van der Waals surface area contributed by atoms with E-state index in [1.54, 1.807) is 0 Å². The molecule has 0 atom stereocenters. The molecule has 0 aromatic carbocycles. The maximum absolute atomic E-state index is 4.70. The average molecular weight is 285 g/mol. The zero-order chi connectivity index (χ0) is 15.5. The van der Waals surface area contributed by atoms with Crippen LogP contribution in [0.15, 0.2) is 30.5 Å². The maximum Gasteiger partial charge on any atom is 0.138 e. The number of pyridine rings is 1. The van der Waals surface area contributed by atoms with Crippen molar-refractivity contribution in [3.8, 4) is 0 Å². The number of hydrogen-bond donors (Lipinski definition) is 1. The number of hydrogen-bond acceptors (Lipinski definition) is 5. The summed E-state index contributed by atoms with van der Waals surface area (Å²) in [5.41, 5.74) is 0.926. The highest BCUT2D eigenvalue weighted by molar-refractivity contribution is 5.49. The molecule has 2 heterocycles. The van der Waals surface area contributed by atoms with Crippen LogP contribution in [0.2, 0.25) is 0 Å². The Morgan fingerprint density at radius 2 is 1.95 bits per heavy atom. The predicted octanol–water partition coefficient (Wildman–Crippen LogP) is 2.85. The average Bonchev–Trinajstić information content (AvgIpc) is 2.46. The summed E-state index contributed by atoms with van der Waals surface area (Å²) in [7, 11) is 3.89. The Balaban J connectivity index is 2.30. The predicted molar refractivity (Wildman–Crippen MR) is 86.6 cm³/mol. The summed E-state index contributed by atoms with van der Waals surface area (Å²) < 4.78 is 0. The van der Waals surface area contributed by atoms with Gasteiger partial charge in [-0.2, -0.15) is 0 Å². The van der Waals surface area contributed by atoms with E-state index >= 15 is 0 Å². The Labute approximate surface area is 126 Å². The van der Waals surface area contributed by atoms with Crippen LogP contribution in [0.3, 0.4) is 0 Å². The summed E-state index contributed by atoms with van der Waals surface area (Å²) >= 11 is 0. The van der Waals surface area contributed by atoms with Gasteiger partial charge in [0.25, 0.3) is 0 Å². The standard InChI is InChI=1S/C16H23N5/c1-16(2,3)15-19-13(17-4)10-14(20-15)21(5)11-12-8-6-7-9-18-12/h6-10H,11H2,1-5H3,(H,17,19,20). The molecule has 0 saturated carbocycles. The molecule has 0 fully saturated rings. The largest absolute Gasteiger partial charge is 0.373 e. The molecular weight excluding hydrogens is 262 g/mol. The Morgan fingerprint density at radius 1 is 1.19 bits per heavy atom. The second-order valence-corrected chi connectivity index (χ2v) is 6.11. The van der Waals surface area contributed by atoms with Crippen LogP contribution in [-0.2, 0) is 12.0 Å². The molecule has 0 unspecified atom stereocenters. The quantitative estimate of drug-likeness (QED) is 0.936. The molecule has 5 heteroatoms. The summed E-state index contributed by atoms with van der Waals surface area (Å²) in [5, 5.41) is 3.11. The van der Waals surface area contributed by atoms with E-state index in [1.165, 1.54) is 0 Å². The van der Waals surface area contributed by atoms with E-state index in [9.17, 15) is 0 Å². The van der Waals surface area contributed by atoms with Crippen LogP contribution in [0.25, 0.3) is 0 Å². The van der Waals surface area contributed by atoms with E-state index in [0.29, 0.717) is 6.54 Å². The molecular formula is C16H23N5. The van der Waals surface area contributed by atoms with Gasteiger partial charge in [0.15, 0.2) is 0 Å². The van der Waals surface area contributed by atoms with E-state index in [2.05, 4.69) is 41.0 Å². The Bertz CT molecular complexity index is 589. The highest BCUT2D eigenvalue weighted by Gasteiger charge is 2.20. The van der Waals surface area contributed by atoms with Crippen molar-refractivity contribution in [1.82, 2.24) is 15.0 Å². The summed E-state index contributed by atoms with van der Waals surface area (Å²) in [6, 6.07) is 7.89. The molecule has 0 spiro atoms. The van der Waals surface area contributed by atoms with E-state index in [-0.39, 0.29) is 5.41 Å². The van der Waals surface area contributed by atoms with E-state index < -0.39 is 0 Å². The summed E-state index contributed by atoms with van der Waals surface area (Å²) in [6.45, 7) is 7.06. The van der Waals surface area contributed by atoms with Gasteiger partial charge in [-0.15, -0.1) is 0 Å². The van der Waals surface area contributed by atoms with Gasteiger partial charge < -0.3 is 10.2 Å². The first kappa shape index (κ1) is 15.2. The number of nitrogens with zero attached hydrogens (tertiary/aromatic N) is 4. The Morgan fingerprint density at radius 3 is 2.52 bits per heavy atom. The Hall–Kier alpha value is -2.17. The van der Waals surface area contributed by atoms with Crippen molar-refractivity contribution >= 4 is 11.6 Å². The van der Waals surface area contributed by atoms with Crippen LogP contribution in [0.1, 0.15) is 32.3 Å². The number of nitrogens with one attached hydrogen (secondary N) is 1. The van der Waals surface area contributed by atoms with Gasteiger partial charge in [-0.25, -0.2) is 9.97 Å². The van der Waals surface area contributed by atoms with E-state index in [4.69, 9.17) is 4.98 Å². The SMILES string of the molecule is CNc1cc(N(C)Cc2ccccn2)nc(C(C)(C)C)n1. The van der Waals surface area contributed by atoms with Gasteiger partial charge in [-0.3, -0.25) is 4.98 Å². The monoisotopic (exact) mass is 285 g/mol. The lowest BCUT2D eigenvalue weighted by atomic mass is 9.96. The van der Waals surface area contributed by atoms with Gasteiger partial charge in [0.2, 0.25) is 0 Å². The van der Waals surface area contributed by atoms with Crippen LogP contribution >= 0.6 is 0 Å². The molecule has 5 nitrogen and oxygen atoms in total. The second kappa shape index (κ2) is 6.08. The summed E-state index contributed by atoms with van der Waals surface area (Å²) in [6.07, 6.45) is 1.81. The molecule has 21 heavy (non-hydrogen) atoms. The minimum absolute atomic E-state index is 0.0898. The molecule has 0 bridgehead atoms. The fourth-order valence-electron chi connectivity index (χ4n) is 1.91. The topological polar surface area (TPSA) is 53.9 Å². The van der Waals surface area contributed by atoms with Gasteiger partial charge in [0.1, 0.15) is 17.5 Å². The third-order valence-corrected chi connectivity index (χ3v) is 3.16. The van der Waals surface area contributed by atoms with Crippen LogP contribution in [0, 0.1) is 0 Å². The van der Waals surface area contributed by atoms with E-state index in [1.807, 2.05) is 44.6 Å². The third kappa shape index (κ3) is 3.90. The van der Waals surface area contributed by atoms with Crippen molar-refractivity contribution in [1.29, 1.82) is 0 Å². The zero-order valence-corrected chi connectivity index (χ0v) is 13.4. The lowest BCUT2D eigenvalue weighted by molar-refractivity contribution is 0.545. The van der Waals surface area contributed by atoms with Gasteiger partial charge in [0.05, 0.1) is 12.2 Å². The van der Waals surface area contributed by atoms with Crippen LogP contribution in [-0.4, -0.2) is 29.0 Å². The first-order chi connectivity index (χ1) is 9.90. The first-order valence-electron chi connectivity index (χ1n) is 7.08. The first-order valence-corrected chi connectivity index (χ1v) is 7.08. The molecule has 0 aliphatic rings. The molecule has 0 amide bonds. The van der Waals surface area contributed by atoms with Crippen LogP contribution in [0.4, 0.5) is 11.6 Å². The molecule has 1 N–H and O–H groups in total. The van der Waals surface area contributed by atoms with Crippen LogP contribution in [0.5, 0.6) is 0 Å². The van der Waals surface area contributed by atoms with Crippen molar-refractivity contribution in [2.75, 3.05) is 24.3 Å². The lowest BCUT2D eigenvalue weighted by Gasteiger charge is -2.23. The molecule has 112 valence electrons. The molecule has 2 aromatic rings. The third-order valence-electron chi connectivity index (χ3n) is 3.16. The van der Waals surface area contributed by atoms with Crippen molar-refractivity contribution < 1.29 is 0 Å². The summed E-state index contributed by atoms with van der Waals surface area (Å²) in [4.78, 5) is 15.7. The second-order valence-electron chi connectivity index (χ2n) is 6.11. The smallest absolute Gasteiger partial charge is 0.138 e. The number of aromatic nitrogens is 3. The molecule has 0 saturated heterocycles. The van der Waals surface area contributed by atoms with Gasteiger partial charge in [0, 0.05) is 31.8 Å². The lowest BCUT2D eigenvalue weighted by Crippen LogP contribution is -2.23. The fourth-order valence-corrected chi connectivity index (χ4v) is 1.91. The Kier molecular flexibility index (Phi) is 4.40. The van der Waals surface area contributed by atoms with Crippen molar-refractivity contribution in [3.05, 3.63) is 42.0 Å². The molecule has 0 aliphatic carbocycles. The molecule has 0 radical (unpaired) electrons. The van der Waals surface area contributed by atoms with Gasteiger partial charge in [-0.1, -0.05) is 26.8 Å². The number of rotatable bonds is 4. The fraction of sp³-hybridized carbons (Fsp3) is 0.438. The minimum atomic E-state index is -0.0898. The minimum Gasteiger partial charge on any atom is -0.373 e. The van der Waals surface area contributed by atoms with Crippen molar-refractivity contribution in [2.24, 2.45) is 0 Å². The zero-order valence-electron chi connectivity index (χ0n) is 13.4. The van der Waals surface area contributed by atoms with Gasteiger partial charge in [-0.05, 0) is 12.1 Å². The maximum atomic E-state index is 4.70. The summed E-state index contributed by atoms with van der Waals surface area (Å²) in [5.74, 6) is 2.56. The van der Waals surface area contributed by atoms with Crippen molar-refractivity contribution in [2.45, 2.75) is 32.7 Å². The molecule has 2 aromatic heterocycles. The number of anilines is 2. The highest BCUT2D eigenvalue weighted by atomic mass is 15.2. The van der Waals surface area contributed by atoms with Crippen molar-refractivity contribution in [3.63, 3.8) is 0 Å².